The Labute approximate surface area is 147 Å². The molecule has 0 amide bonds. The van der Waals surface area contributed by atoms with Crippen LogP contribution < -0.4 is 10.6 Å². The third-order valence-corrected chi connectivity index (χ3v) is 8.65. The van der Waals surface area contributed by atoms with Crippen molar-refractivity contribution in [3.8, 4) is 0 Å². The second kappa shape index (κ2) is 7.29. The van der Waals surface area contributed by atoms with Crippen LogP contribution in [0.15, 0.2) is 54.6 Å². The molecule has 118 valence electrons. The van der Waals surface area contributed by atoms with Gasteiger partial charge in [0, 0.05) is 26.3 Å². The van der Waals surface area contributed by atoms with Crippen LogP contribution in [0.25, 0.3) is 0 Å². The van der Waals surface area contributed by atoms with Gasteiger partial charge in [-0.05, 0) is 74.6 Å². The highest BCUT2D eigenvalue weighted by Crippen LogP contribution is 2.51. The molecule has 0 spiro atoms. The number of rotatable bonds is 5. The SMILES string of the molecule is CC(C)N(C(C)C)[P@](=O)(c1ccccc1)c1ccccc1I. The molecular weight excluding hydrogens is 404 g/mol. The molecule has 0 saturated heterocycles. The van der Waals surface area contributed by atoms with Crippen LogP contribution in [0.1, 0.15) is 27.7 Å². The summed E-state index contributed by atoms with van der Waals surface area (Å²) in [5, 5.41) is 1.84. The molecule has 0 aromatic heterocycles. The highest BCUT2D eigenvalue weighted by Gasteiger charge is 2.38. The van der Waals surface area contributed by atoms with Crippen molar-refractivity contribution >= 4 is 40.5 Å². The van der Waals surface area contributed by atoms with Gasteiger partial charge in [-0.25, -0.2) is 4.67 Å². The van der Waals surface area contributed by atoms with E-state index in [0.29, 0.717) is 0 Å². The molecule has 0 aliphatic rings. The normalized spacial score (nSPS) is 14.5. The van der Waals surface area contributed by atoms with Crippen LogP contribution in [0.4, 0.5) is 0 Å². The Morgan fingerprint density at radius 2 is 1.36 bits per heavy atom. The molecule has 0 unspecified atom stereocenters. The molecule has 22 heavy (non-hydrogen) atoms. The van der Waals surface area contributed by atoms with Gasteiger partial charge in [-0.1, -0.05) is 30.3 Å². The van der Waals surface area contributed by atoms with E-state index in [1.807, 2.05) is 54.6 Å². The van der Waals surface area contributed by atoms with Crippen LogP contribution in [0.3, 0.4) is 0 Å². The predicted molar refractivity (Wildman–Crippen MR) is 105 cm³/mol. The van der Waals surface area contributed by atoms with Crippen LogP contribution >= 0.6 is 29.9 Å². The molecule has 0 radical (unpaired) electrons. The molecule has 1 atom stereocenters. The first-order valence-electron chi connectivity index (χ1n) is 7.58. The van der Waals surface area contributed by atoms with Gasteiger partial charge < -0.3 is 0 Å². The van der Waals surface area contributed by atoms with Crippen molar-refractivity contribution in [3.05, 3.63) is 58.2 Å². The van der Waals surface area contributed by atoms with Gasteiger partial charge in [0.25, 0.3) is 0 Å². The maximum absolute atomic E-state index is 14.3. The molecule has 0 fully saturated rings. The summed E-state index contributed by atoms with van der Waals surface area (Å²) in [6.07, 6.45) is 0. The number of nitrogens with zero attached hydrogens (tertiary/aromatic N) is 1. The largest absolute Gasteiger partial charge is 0.296 e. The molecular formula is C18H23INOP. The minimum Gasteiger partial charge on any atom is -0.296 e. The molecule has 4 heteroatoms. The average molecular weight is 427 g/mol. The van der Waals surface area contributed by atoms with Crippen molar-refractivity contribution in [1.82, 2.24) is 4.67 Å². The lowest BCUT2D eigenvalue weighted by molar-refractivity contribution is 0.307. The Kier molecular flexibility index (Phi) is 5.87. The van der Waals surface area contributed by atoms with E-state index >= 15 is 0 Å². The average Bonchev–Trinajstić information content (AvgIpc) is 2.47. The molecule has 2 nitrogen and oxygen atoms in total. The Morgan fingerprint density at radius 3 is 1.86 bits per heavy atom. The summed E-state index contributed by atoms with van der Waals surface area (Å²) in [6.45, 7) is 8.47. The summed E-state index contributed by atoms with van der Waals surface area (Å²) < 4.78 is 17.6. The second-order valence-corrected chi connectivity index (χ2v) is 9.70. The van der Waals surface area contributed by atoms with Crippen molar-refractivity contribution in [2.75, 3.05) is 0 Å². The maximum Gasteiger partial charge on any atom is 0.208 e. The Balaban J connectivity index is 2.76. The summed E-state index contributed by atoms with van der Waals surface area (Å²) in [4.78, 5) is 0. The lowest BCUT2D eigenvalue weighted by atomic mass is 10.3. The van der Waals surface area contributed by atoms with Gasteiger partial charge in [-0.3, -0.25) is 4.57 Å². The Hall–Kier alpha value is -0.640. The quantitative estimate of drug-likeness (QED) is 0.512. The van der Waals surface area contributed by atoms with E-state index in [9.17, 15) is 4.57 Å². The molecule has 0 saturated carbocycles. The molecule has 2 rings (SSSR count). The minimum atomic E-state index is -2.86. The van der Waals surface area contributed by atoms with Gasteiger partial charge in [0.1, 0.15) is 0 Å². The van der Waals surface area contributed by atoms with Crippen LogP contribution in [0.2, 0.25) is 0 Å². The lowest BCUT2D eigenvalue weighted by Gasteiger charge is -2.38. The molecule has 0 bridgehead atoms. The summed E-state index contributed by atoms with van der Waals surface area (Å²) >= 11 is 2.29. The van der Waals surface area contributed by atoms with E-state index in [1.54, 1.807) is 0 Å². The molecule has 0 aliphatic heterocycles. The first-order chi connectivity index (χ1) is 10.4. The smallest absolute Gasteiger partial charge is 0.208 e. The van der Waals surface area contributed by atoms with Crippen LogP contribution in [0.5, 0.6) is 0 Å². The van der Waals surface area contributed by atoms with Gasteiger partial charge in [-0.15, -0.1) is 0 Å². The zero-order valence-electron chi connectivity index (χ0n) is 13.5. The first-order valence-corrected chi connectivity index (χ1v) is 10.3. The second-order valence-electron chi connectivity index (χ2n) is 5.93. The predicted octanol–water partition coefficient (Wildman–Crippen LogP) is 4.64. The van der Waals surface area contributed by atoms with Gasteiger partial charge in [0.2, 0.25) is 7.29 Å². The fraction of sp³-hybridized carbons (Fsp3) is 0.333. The van der Waals surface area contributed by atoms with E-state index in [2.05, 4.69) is 55.0 Å². The lowest BCUT2D eigenvalue weighted by Crippen LogP contribution is -2.41. The van der Waals surface area contributed by atoms with Crippen LogP contribution in [0, 0.1) is 3.57 Å². The highest BCUT2D eigenvalue weighted by atomic mass is 127. The monoisotopic (exact) mass is 427 g/mol. The maximum atomic E-state index is 14.3. The van der Waals surface area contributed by atoms with Crippen molar-refractivity contribution in [1.29, 1.82) is 0 Å². The van der Waals surface area contributed by atoms with Crippen molar-refractivity contribution in [3.63, 3.8) is 0 Å². The fourth-order valence-corrected chi connectivity index (χ4v) is 7.66. The third-order valence-electron chi connectivity index (χ3n) is 3.67. The van der Waals surface area contributed by atoms with Gasteiger partial charge in [-0.2, -0.15) is 0 Å². The topological polar surface area (TPSA) is 20.3 Å². The van der Waals surface area contributed by atoms with Gasteiger partial charge in [0.05, 0.1) is 0 Å². The summed E-state index contributed by atoms with van der Waals surface area (Å²) in [7, 11) is -2.86. The third kappa shape index (κ3) is 3.32. The van der Waals surface area contributed by atoms with Crippen molar-refractivity contribution in [2.45, 2.75) is 39.8 Å². The van der Waals surface area contributed by atoms with E-state index in [4.69, 9.17) is 0 Å². The van der Waals surface area contributed by atoms with Gasteiger partial charge >= 0.3 is 0 Å². The van der Waals surface area contributed by atoms with Crippen LogP contribution in [-0.2, 0) is 4.57 Å². The molecule has 0 aliphatic carbocycles. The highest BCUT2D eigenvalue weighted by molar-refractivity contribution is 14.1. The fourth-order valence-electron chi connectivity index (χ4n) is 2.97. The summed E-state index contributed by atoms with van der Waals surface area (Å²) in [6, 6.07) is 18.3. The zero-order valence-corrected chi connectivity index (χ0v) is 16.6. The summed E-state index contributed by atoms with van der Waals surface area (Å²) in [5.41, 5.74) is 0. The number of hydrogen-bond acceptors (Lipinski definition) is 1. The zero-order chi connectivity index (χ0) is 16.3. The standard InChI is InChI=1S/C18H23INOP/c1-14(2)20(15(3)4)22(21,16-10-6-5-7-11-16)18-13-9-8-12-17(18)19/h5-15H,1-4H3/t22-/m0/s1. The van der Waals surface area contributed by atoms with E-state index in [-0.39, 0.29) is 12.1 Å². The van der Waals surface area contributed by atoms with E-state index in [1.165, 1.54) is 0 Å². The number of benzene rings is 2. The Bertz CT molecular complexity index is 662. The van der Waals surface area contributed by atoms with Crippen molar-refractivity contribution < 1.29 is 4.57 Å². The Morgan fingerprint density at radius 1 is 0.864 bits per heavy atom. The molecule has 0 heterocycles. The van der Waals surface area contributed by atoms with E-state index in [0.717, 1.165) is 14.2 Å². The van der Waals surface area contributed by atoms with Crippen molar-refractivity contribution in [2.24, 2.45) is 0 Å². The molecule has 0 N–H and O–H groups in total. The van der Waals surface area contributed by atoms with Crippen LogP contribution in [-0.4, -0.2) is 16.8 Å². The number of hydrogen-bond donors (Lipinski definition) is 0. The van der Waals surface area contributed by atoms with Gasteiger partial charge in [0.15, 0.2) is 0 Å². The number of halogens is 1. The van der Waals surface area contributed by atoms with E-state index < -0.39 is 7.29 Å². The summed E-state index contributed by atoms with van der Waals surface area (Å²) in [5.74, 6) is 0. The molecule has 2 aromatic rings. The minimum absolute atomic E-state index is 0.196. The molecule has 2 aromatic carbocycles. The first kappa shape index (κ1) is 17.7.